The maximum Gasteiger partial charge on any atom is 0.265 e. The average molecular weight is 504 g/mol. The number of carbonyl (C=O) groups excluding carboxylic acids is 1. The Bertz CT molecular complexity index is 1480. The predicted octanol–water partition coefficient (Wildman–Crippen LogP) is 4.48. The summed E-state index contributed by atoms with van der Waals surface area (Å²) in [6.45, 7) is 0.321. The minimum Gasteiger partial charge on any atom is -0.474 e. The van der Waals surface area contributed by atoms with E-state index in [0.29, 0.717) is 12.1 Å². The Morgan fingerprint density at radius 1 is 1.00 bits per heavy atom. The number of carbonyl (C=O) groups is 1. The van der Waals surface area contributed by atoms with Crippen LogP contribution in [0.4, 0.5) is 10.1 Å². The van der Waals surface area contributed by atoms with Gasteiger partial charge in [-0.25, -0.2) is 22.1 Å². The van der Waals surface area contributed by atoms with Gasteiger partial charge in [0.05, 0.1) is 10.5 Å². The molecule has 0 bridgehead atoms. The molecule has 7 nitrogen and oxygen atoms in total. The van der Waals surface area contributed by atoms with E-state index < -0.39 is 27.8 Å². The summed E-state index contributed by atoms with van der Waals surface area (Å²) in [6.07, 6.45) is 1.35. The minimum absolute atomic E-state index is 0.0178. The summed E-state index contributed by atoms with van der Waals surface area (Å²) < 4.78 is 48.3. The Hall–Kier alpha value is -4.24. The highest BCUT2D eigenvalue weighted by Gasteiger charge is 2.39. The van der Waals surface area contributed by atoms with Crippen LogP contribution in [0.5, 0.6) is 5.88 Å². The number of benzene rings is 3. The number of nitrogens with zero attached hydrogens (tertiary/aromatic N) is 2. The van der Waals surface area contributed by atoms with Gasteiger partial charge < -0.3 is 10.1 Å². The Balaban J connectivity index is 1.55. The molecular formula is C27H22FN3O4S. The van der Waals surface area contributed by atoms with Crippen LogP contribution < -0.4 is 14.4 Å². The fraction of sp³-hybridized carbons (Fsp3) is 0.111. The van der Waals surface area contributed by atoms with Crippen molar-refractivity contribution in [3.8, 4) is 5.88 Å². The molecule has 1 unspecified atom stereocenters. The van der Waals surface area contributed by atoms with Crippen LogP contribution in [-0.2, 0) is 16.6 Å². The molecule has 0 aliphatic carbocycles. The SMILES string of the molecule is O=C(NCc1ccccc1)c1cnc2c(c1)N(S(=O)(=O)c1ccc(F)cc1)C(c1ccccc1)CO2. The number of amides is 1. The first-order chi connectivity index (χ1) is 17.4. The molecule has 0 spiro atoms. The summed E-state index contributed by atoms with van der Waals surface area (Å²) in [6, 6.07) is 23.8. The molecule has 3 aromatic carbocycles. The molecule has 2 heterocycles. The van der Waals surface area contributed by atoms with E-state index in [1.165, 1.54) is 28.7 Å². The van der Waals surface area contributed by atoms with Gasteiger partial charge >= 0.3 is 0 Å². The third-order valence-electron chi connectivity index (χ3n) is 5.84. The van der Waals surface area contributed by atoms with Crippen molar-refractivity contribution in [2.45, 2.75) is 17.5 Å². The van der Waals surface area contributed by atoms with Crippen molar-refractivity contribution >= 4 is 21.6 Å². The van der Waals surface area contributed by atoms with Crippen LogP contribution in [-0.4, -0.2) is 25.9 Å². The molecule has 1 aliphatic heterocycles. The third-order valence-corrected chi connectivity index (χ3v) is 7.68. The topological polar surface area (TPSA) is 88.6 Å². The quantitative estimate of drug-likeness (QED) is 0.419. The third kappa shape index (κ3) is 4.65. The molecule has 1 aliphatic rings. The largest absolute Gasteiger partial charge is 0.474 e. The number of anilines is 1. The fourth-order valence-corrected chi connectivity index (χ4v) is 5.65. The second kappa shape index (κ2) is 9.79. The number of hydrogen-bond acceptors (Lipinski definition) is 5. The van der Waals surface area contributed by atoms with E-state index in [4.69, 9.17) is 4.74 Å². The highest BCUT2D eigenvalue weighted by Crippen LogP contribution is 2.42. The molecule has 0 radical (unpaired) electrons. The van der Waals surface area contributed by atoms with E-state index in [9.17, 15) is 17.6 Å². The first kappa shape index (κ1) is 23.5. The first-order valence-corrected chi connectivity index (χ1v) is 12.7. The average Bonchev–Trinajstić information content (AvgIpc) is 2.92. The Labute approximate surface area is 208 Å². The standard InChI is InChI=1S/C27H22FN3O4S/c28-22-11-13-23(14-12-22)36(33,34)31-24-15-21(26(32)29-16-19-7-3-1-4-8-19)17-30-27(24)35-18-25(31)20-9-5-2-6-10-20/h1-15,17,25H,16,18H2,(H,29,32). The number of sulfonamides is 1. The number of pyridine rings is 1. The summed E-state index contributed by atoms with van der Waals surface area (Å²) in [5.41, 5.74) is 1.94. The van der Waals surface area contributed by atoms with Gasteiger partial charge in [0.2, 0.25) is 5.88 Å². The Kier molecular flexibility index (Phi) is 6.39. The molecule has 5 rings (SSSR count). The van der Waals surface area contributed by atoms with Crippen LogP contribution >= 0.6 is 0 Å². The van der Waals surface area contributed by atoms with Crippen LogP contribution in [0.2, 0.25) is 0 Å². The maximum atomic E-state index is 13.9. The monoisotopic (exact) mass is 503 g/mol. The number of ether oxygens (including phenoxy) is 1. The zero-order chi connectivity index (χ0) is 25.1. The van der Waals surface area contributed by atoms with Crippen LogP contribution in [0.15, 0.2) is 102 Å². The molecule has 36 heavy (non-hydrogen) atoms. The zero-order valence-electron chi connectivity index (χ0n) is 19.0. The van der Waals surface area contributed by atoms with Gasteiger partial charge in [-0.3, -0.25) is 4.79 Å². The van der Waals surface area contributed by atoms with Gasteiger partial charge in [0.15, 0.2) is 0 Å². The minimum atomic E-state index is -4.17. The zero-order valence-corrected chi connectivity index (χ0v) is 19.9. The van der Waals surface area contributed by atoms with Gasteiger partial charge in [-0.2, -0.15) is 0 Å². The van der Waals surface area contributed by atoms with Gasteiger partial charge in [0.1, 0.15) is 24.2 Å². The molecular weight excluding hydrogens is 481 g/mol. The lowest BCUT2D eigenvalue weighted by Gasteiger charge is -2.37. The number of nitrogens with one attached hydrogen (secondary N) is 1. The normalized spacial score (nSPS) is 15.0. The van der Waals surface area contributed by atoms with Gasteiger partial charge in [0.25, 0.3) is 15.9 Å². The van der Waals surface area contributed by atoms with Crippen molar-refractivity contribution in [1.29, 1.82) is 0 Å². The second-order valence-corrected chi connectivity index (χ2v) is 10.0. The van der Waals surface area contributed by atoms with Crippen LogP contribution in [0.25, 0.3) is 0 Å². The maximum absolute atomic E-state index is 13.9. The van der Waals surface area contributed by atoms with E-state index in [1.54, 1.807) is 24.3 Å². The number of aromatic nitrogens is 1. The molecule has 0 saturated carbocycles. The van der Waals surface area contributed by atoms with E-state index in [1.807, 2.05) is 36.4 Å². The van der Waals surface area contributed by atoms with Crippen LogP contribution in [0.1, 0.15) is 27.5 Å². The summed E-state index contributed by atoms with van der Waals surface area (Å²) in [7, 11) is -4.17. The van der Waals surface area contributed by atoms with Gasteiger partial charge in [-0.05, 0) is 41.5 Å². The number of fused-ring (bicyclic) bond motifs is 1. The van der Waals surface area contributed by atoms with E-state index in [-0.39, 0.29) is 28.6 Å². The highest BCUT2D eigenvalue weighted by molar-refractivity contribution is 7.92. The number of halogens is 1. The molecule has 0 fully saturated rings. The molecule has 182 valence electrons. The summed E-state index contributed by atoms with van der Waals surface area (Å²) >= 11 is 0. The fourth-order valence-electron chi connectivity index (χ4n) is 4.03. The van der Waals surface area contributed by atoms with Gasteiger partial charge in [0, 0.05) is 12.7 Å². The van der Waals surface area contributed by atoms with Crippen molar-refractivity contribution in [3.63, 3.8) is 0 Å². The lowest BCUT2D eigenvalue weighted by Crippen LogP contribution is -2.41. The number of rotatable bonds is 6. The van der Waals surface area contributed by atoms with Crippen molar-refractivity contribution in [3.05, 3.63) is 120 Å². The van der Waals surface area contributed by atoms with Crippen LogP contribution in [0.3, 0.4) is 0 Å². The second-order valence-electron chi connectivity index (χ2n) is 8.21. The molecule has 9 heteroatoms. The first-order valence-electron chi connectivity index (χ1n) is 11.2. The molecule has 0 saturated heterocycles. The Morgan fingerprint density at radius 3 is 2.36 bits per heavy atom. The van der Waals surface area contributed by atoms with Crippen molar-refractivity contribution < 1.29 is 22.3 Å². The molecule has 4 aromatic rings. The molecule has 1 aromatic heterocycles. The summed E-state index contributed by atoms with van der Waals surface area (Å²) in [5.74, 6) is -0.863. The molecule has 1 N–H and O–H groups in total. The van der Waals surface area contributed by atoms with Crippen LogP contribution in [0, 0.1) is 5.82 Å². The molecule has 1 atom stereocenters. The summed E-state index contributed by atoms with van der Waals surface area (Å²) in [4.78, 5) is 17.1. The molecule has 1 amide bonds. The van der Waals surface area contributed by atoms with E-state index >= 15 is 0 Å². The highest BCUT2D eigenvalue weighted by atomic mass is 32.2. The van der Waals surface area contributed by atoms with Gasteiger partial charge in [-0.1, -0.05) is 60.7 Å². The van der Waals surface area contributed by atoms with Crippen molar-refractivity contribution in [2.75, 3.05) is 10.9 Å². The van der Waals surface area contributed by atoms with Crippen molar-refractivity contribution in [1.82, 2.24) is 10.3 Å². The Morgan fingerprint density at radius 2 is 1.67 bits per heavy atom. The lowest BCUT2D eigenvalue weighted by atomic mass is 10.1. The van der Waals surface area contributed by atoms with E-state index in [0.717, 1.165) is 17.7 Å². The predicted molar refractivity (Wildman–Crippen MR) is 133 cm³/mol. The van der Waals surface area contributed by atoms with Crippen molar-refractivity contribution in [2.24, 2.45) is 0 Å². The lowest BCUT2D eigenvalue weighted by molar-refractivity contribution is 0.0950. The van der Waals surface area contributed by atoms with Gasteiger partial charge in [-0.15, -0.1) is 0 Å². The number of hydrogen-bond donors (Lipinski definition) is 1. The smallest absolute Gasteiger partial charge is 0.265 e. The summed E-state index contributed by atoms with van der Waals surface area (Å²) in [5, 5.41) is 2.83. The van der Waals surface area contributed by atoms with E-state index in [2.05, 4.69) is 10.3 Å².